The van der Waals surface area contributed by atoms with Gasteiger partial charge in [0.1, 0.15) is 0 Å². The summed E-state index contributed by atoms with van der Waals surface area (Å²) in [4.78, 5) is 30.0. The van der Waals surface area contributed by atoms with Gasteiger partial charge in [-0.2, -0.15) is 0 Å². The topological polar surface area (TPSA) is 109 Å². The van der Waals surface area contributed by atoms with E-state index < -0.39 is 6.09 Å². The van der Waals surface area contributed by atoms with Crippen LogP contribution in [-0.4, -0.2) is 61.7 Å². The van der Waals surface area contributed by atoms with Crippen LogP contribution in [0.5, 0.6) is 0 Å². The molecule has 2 atom stereocenters. The molecule has 1 heterocycles. The molecular formula is C19H37N5O3. The molecule has 0 saturated carbocycles. The highest BCUT2D eigenvalue weighted by atomic mass is 16.5. The number of amides is 2. The van der Waals surface area contributed by atoms with Crippen molar-refractivity contribution in [3.63, 3.8) is 0 Å². The Hall–Kier alpha value is -1.99. The number of nitrogens with one attached hydrogen (secondary N) is 2. The Morgan fingerprint density at radius 1 is 1.33 bits per heavy atom. The molecule has 8 heteroatoms. The molecule has 4 N–H and O–H groups in total. The first kappa shape index (κ1) is 23.0. The summed E-state index contributed by atoms with van der Waals surface area (Å²) in [6, 6.07) is -0.0797. The zero-order chi connectivity index (χ0) is 20.2. The number of carbonyl (C=O) groups is 2. The number of hydrogen-bond donors (Lipinski definition) is 3. The number of nitrogens with two attached hydrogens (primary N) is 1. The zero-order valence-corrected chi connectivity index (χ0v) is 17.3. The monoisotopic (exact) mass is 383 g/mol. The summed E-state index contributed by atoms with van der Waals surface area (Å²) >= 11 is 0. The van der Waals surface area contributed by atoms with Gasteiger partial charge in [0.15, 0.2) is 5.96 Å². The Kier molecular flexibility index (Phi) is 10.6. The summed E-state index contributed by atoms with van der Waals surface area (Å²) in [5, 5.41) is 6.24. The molecule has 1 aliphatic rings. The largest absolute Gasteiger partial charge is 0.450 e. The molecule has 0 aliphatic carbocycles. The molecule has 2 amide bonds. The number of nitrogens with zero attached hydrogens (tertiary/aromatic N) is 2. The number of ether oxygens (including phenoxy) is 1. The van der Waals surface area contributed by atoms with Crippen LogP contribution in [0.4, 0.5) is 4.79 Å². The highest BCUT2D eigenvalue weighted by Crippen LogP contribution is 2.19. The molecule has 0 aromatic carbocycles. The minimum Gasteiger partial charge on any atom is -0.450 e. The van der Waals surface area contributed by atoms with Gasteiger partial charge in [-0.3, -0.25) is 9.79 Å². The number of carbonyl (C=O) groups excluding carboxylic acids is 2. The van der Waals surface area contributed by atoms with E-state index in [1.165, 1.54) is 0 Å². The van der Waals surface area contributed by atoms with Crippen molar-refractivity contribution in [2.24, 2.45) is 22.6 Å². The third-order valence-electron chi connectivity index (χ3n) is 4.46. The summed E-state index contributed by atoms with van der Waals surface area (Å²) in [6.07, 6.45) is 2.86. The van der Waals surface area contributed by atoms with Crippen LogP contribution in [0.3, 0.4) is 0 Å². The van der Waals surface area contributed by atoms with Gasteiger partial charge in [-0.25, -0.2) is 4.79 Å². The lowest BCUT2D eigenvalue weighted by Crippen LogP contribution is -2.48. The maximum Gasteiger partial charge on any atom is 0.407 e. The molecule has 0 aromatic rings. The minimum atomic E-state index is -0.400. The van der Waals surface area contributed by atoms with Gasteiger partial charge >= 0.3 is 6.09 Å². The number of aliphatic imine (C=N–C) groups is 1. The van der Waals surface area contributed by atoms with Crippen LogP contribution in [0.2, 0.25) is 0 Å². The third-order valence-corrected chi connectivity index (χ3v) is 4.46. The highest BCUT2D eigenvalue weighted by Gasteiger charge is 2.24. The maximum absolute atomic E-state index is 11.8. The van der Waals surface area contributed by atoms with E-state index in [2.05, 4.69) is 29.4 Å². The van der Waals surface area contributed by atoms with Gasteiger partial charge in [0.2, 0.25) is 5.91 Å². The normalized spacial score (nSPS) is 18.9. The Morgan fingerprint density at radius 2 is 2.07 bits per heavy atom. The summed E-state index contributed by atoms with van der Waals surface area (Å²) in [6.45, 7) is 11.3. The quantitative estimate of drug-likeness (QED) is 0.415. The number of alkyl carbamates (subject to hydrolysis) is 1. The first-order valence-electron chi connectivity index (χ1n) is 10.1. The van der Waals surface area contributed by atoms with Gasteiger partial charge in [-0.15, -0.1) is 0 Å². The van der Waals surface area contributed by atoms with E-state index in [0.29, 0.717) is 25.5 Å². The fraction of sp³-hybridized carbons (Fsp3) is 0.842. The molecule has 1 fully saturated rings. The smallest absolute Gasteiger partial charge is 0.407 e. The Balaban J connectivity index is 2.77. The van der Waals surface area contributed by atoms with E-state index in [-0.39, 0.29) is 17.9 Å². The average molecular weight is 384 g/mol. The molecular weight excluding hydrogens is 346 g/mol. The first-order valence-corrected chi connectivity index (χ1v) is 10.1. The molecule has 27 heavy (non-hydrogen) atoms. The van der Waals surface area contributed by atoms with Gasteiger partial charge in [-0.1, -0.05) is 13.8 Å². The lowest BCUT2D eigenvalue weighted by molar-refractivity contribution is -0.119. The number of piperidine rings is 1. The molecule has 1 aliphatic heterocycles. The van der Waals surface area contributed by atoms with Crippen molar-refractivity contribution in [3.05, 3.63) is 0 Å². The van der Waals surface area contributed by atoms with E-state index in [1.54, 1.807) is 6.92 Å². The Labute approximate surface area is 163 Å². The van der Waals surface area contributed by atoms with Crippen molar-refractivity contribution < 1.29 is 14.3 Å². The van der Waals surface area contributed by atoms with E-state index in [1.807, 2.05) is 6.92 Å². The SMILES string of the molecule is CCNC(=NCC(CC(C)C)NC(=O)OCC)N1CCCC(CC(N)=O)C1. The van der Waals surface area contributed by atoms with Crippen LogP contribution in [0, 0.1) is 11.8 Å². The highest BCUT2D eigenvalue weighted by molar-refractivity contribution is 5.80. The molecule has 0 aromatic heterocycles. The molecule has 1 saturated heterocycles. The van der Waals surface area contributed by atoms with Gasteiger partial charge in [-0.05, 0) is 44.9 Å². The second kappa shape index (κ2) is 12.4. The van der Waals surface area contributed by atoms with Gasteiger partial charge in [0.05, 0.1) is 19.2 Å². The zero-order valence-electron chi connectivity index (χ0n) is 17.3. The summed E-state index contributed by atoms with van der Waals surface area (Å²) < 4.78 is 5.01. The van der Waals surface area contributed by atoms with E-state index >= 15 is 0 Å². The van der Waals surface area contributed by atoms with Crippen molar-refractivity contribution in [2.75, 3.05) is 32.8 Å². The lowest BCUT2D eigenvalue weighted by atomic mass is 9.95. The molecule has 8 nitrogen and oxygen atoms in total. The fourth-order valence-corrected chi connectivity index (χ4v) is 3.42. The maximum atomic E-state index is 11.8. The van der Waals surface area contributed by atoms with Crippen LogP contribution in [0.1, 0.15) is 53.4 Å². The van der Waals surface area contributed by atoms with E-state index in [4.69, 9.17) is 15.5 Å². The van der Waals surface area contributed by atoms with E-state index in [0.717, 1.165) is 44.9 Å². The summed E-state index contributed by atoms with van der Waals surface area (Å²) in [5.74, 6) is 1.28. The van der Waals surface area contributed by atoms with Crippen LogP contribution in [-0.2, 0) is 9.53 Å². The molecule has 2 unspecified atom stereocenters. The van der Waals surface area contributed by atoms with Crippen LogP contribution >= 0.6 is 0 Å². The Bertz CT molecular complexity index is 496. The van der Waals surface area contributed by atoms with Crippen molar-refractivity contribution in [2.45, 2.75) is 59.4 Å². The fourth-order valence-electron chi connectivity index (χ4n) is 3.42. The van der Waals surface area contributed by atoms with Crippen molar-refractivity contribution >= 4 is 18.0 Å². The second-order valence-electron chi connectivity index (χ2n) is 7.51. The second-order valence-corrected chi connectivity index (χ2v) is 7.51. The number of rotatable bonds is 9. The summed E-state index contributed by atoms with van der Waals surface area (Å²) in [5.41, 5.74) is 5.36. The van der Waals surface area contributed by atoms with Gasteiger partial charge in [0, 0.05) is 26.1 Å². The molecule has 1 rings (SSSR count). The van der Waals surface area contributed by atoms with Gasteiger partial charge in [0.25, 0.3) is 0 Å². The predicted molar refractivity (Wildman–Crippen MR) is 107 cm³/mol. The lowest BCUT2D eigenvalue weighted by Gasteiger charge is -2.35. The van der Waals surface area contributed by atoms with Crippen LogP contribution < -0.4 is 16.4 Å². The first-order chi connectivity index (χ1) is 12.8. The minimum absolute atomic E-state index is 0.0797. The molecule has 0 bridgehead atoms. The third kappa shape index (κ3) is 9.49. The molecule has 0 radical (unpaired) electrons. The predicted octanol–water partition coefficient (Wildman–Crippen LogP) is 1.70. The van der Waals surface area contributed by atoms with Crippen molar-refractivity contribution in [1.82, 2.24) is 15.5 Å². The van der Waals surface area contributed by atoms with Crippen LogP contribution in [0.15, 0.2) is 4.99 Å². The molecule has 0 spiro atoms. The van der Waals surface area contributed by atoms with Crippen LogP contribution in [0.25, 0.3) is 0 Å². The standard InChI is InChI=1S/C19H37N5O3/c1-5-21-18(24-9-7-8-15(13-24)11-17(20)25)22-12-16(10-14(3)4)23-19(26)27-6-2/h14-16H,5-13H2,1-4H3,(H2,20,25)(H,21,22)(H,23,26). The van der Waals surface area contributed by atoms with Gasteiger partial charge < -0.3 is 26.0 Å². The van der Waals surface area contributed by atoms with E-state index in [9.17, 15) is 9.59 Å². The number of likely N-dealkylation sites (tertiary alicyclic amines) is 1. The van der Waals surface area contributed by atoms with Crippen molar-refractivity contribution in [3.8, 4) is 0 Å². The molecule has 156 valence electrons. The Morgan fingerprint density at radius 3 is 2.67 bits per heavy atom. The number of guanidine groups is 1. The number of primary amides is 1. The summed E-state index contributed by atoms with van der Waals surface area (Å²) in [7, 11) is 0. The average Bonchev–Trinajstić information content (AvgIpc) is 2.57. The van der Waals surface area contributed by atoms with Crippen molar-refractivity contribution in [1.29, 1.82) is 0 Å². The number of hydrogen-bond acceptors (Lipinski definition) is 4.